The van der Waals surface area contributed by atoms with Crippen LogP contribution in [0, 0.1) is 0 Å². The van der Waals surface area contributed by atoms with Crippen molar-refractivity contribution >= 4 is 27.3 Å². The molecule has 2 rings (SSSR count). The maximum absolute atomic E-state index is 12.4. The Balaban J connectivity index is 2.33. The van der Waals surface area contributed by atoms with Gasteiger partial charge in [-0.1, -0.05) is 23.7 Å². The largest absolute Gasteiger partial charge is 0.495 e. The quantitative estimate of drug-likeness (QED) is 0.885. The van der Waals surface area contributed by atoms with Gasteiger partial charge < -0.3 is 9.84 Å². The number of anilines is 1. The van der Waals surface area contributed by atoms with Crippen molar-refractivity contribution in [1.29, 1.82) is 0 Å². The molecule has 112 valence electrons. The highest BCUT2D eigenvalue weighted by molar-refractivity contribution is 7.92. The zero-order chi connectivity index (χ0) is 15.5. The van der Waals surface area contributed by atoms with Crippen molar-refractivity contribution in [2.45, 2.75) is 11.5 Å². The van der Waals surface area contributed by atoms with Crippen LogP contribution in [-0.4, -0.2) is 20.6 Å². The van der Waals surface area contributed by atoms with Crippen molar-refractivity contribution < 1.29 is 18.3 Å². The summed E-state index contributed by atoms with van der Waals surface area (Å²) in [6.45, 7) is -0.0992. The maximum atomic E-state index is 12.4. The van der Waals surface area contributed by atoms with Crippen LogP contribution in [0.1, 0.15) is 5.56 Å². The molecule has 0 saturated carbocycles. The molecule has 0 heterocycles. The van der Waals surface area contributed by atoms with Crippen LogP contribution >= 0.6 is 11.6 Å². The smallest absolute Gasteiger partial charge is 0.265 e. The summed E-state index contributed by atoms with van der Waals surface area (Å²) >= 11 is 5.82. The first-order valence-electron chi connectivity index (χ1n) is 6.02. The van der Waals surface area contributed by atoms with Crippen LogP contribution in [0.4, 0.5) is 5.69 Å². The van der Waals surface area contributed by atoms with Crippen molar-refractivity contribution in [3.8, 4) is 5.75 Å². The fraction of sp³-hybridized carbons (Fsp3) is 0.143. The van der Waals surface area contributed by atoms with E-state index < -0.39 is 10.0 Å². The molecule has 0 aliphatic heterocycles. The van der Waals surface area contributed by atoms with Crippen molar-refractivity contribution in [2.24, 2.45) is 0 Å². The predicted molar refractivity (Wildman–Crippen MR) is 81.2 cm³/mol. The van der Waals surface area contributed by atoms with E-state index in [0.29, 0.717) is 16.3 Å². The molecule has 0 spiro atoms. The van der Waals surface area contributed by atoms with Crippen LogP contribution in [0.25, 0.3) is 0 Å². The molecule has 0 fully saturated rings. The van der Waals surface area contributed by atoms with Gasteiger partial charge in [0.05, 0.1) is 13.7 Å². The van der Waals surface area contributed by atoms with E-state index in [4.69, 9.17) is 21.4 Å². The zero-order valence-corrected chi connectivity index (χ0v) is 12.8. The zero-order valence-electron chi connectivity index (χ0n) is 11.2. The summed E-state index contributed by atoms with van der Waals surface area (Å²) in [6, 6.07) is 10.7. The number of methoxy groups -OCH3 is 1. The maximum Gasteiger partial charge on any atom is 0.265 e. The molecule has 0 aromatic heterocycles. The van der Waals surface area contributed by atoms with E-state index in [9.17, 15) is 8.42 Å². The van der Waals surface area contributed by atoms with Crippen molar-refractivity contribution in [2.75, 3.05) is 11.8 Å². The average Bonchev–Trinajstić information content (AvgIpc) is 2.47. The summed E-state index contributed by atoms with van der Waals surface area (Å²) in [5, 5.41) is 9.35. The van der Waals surface area contributed by atoms with E-state index in [2.05, 4.69) is 4.72 Å². The molecule has 0 bridgehead atoms. The number of ether oxygens (including phenoxy) is 1. The van der Waals surface area contributed by atoms with E-state index in [1.165, 1.54) is 25.3 Å². The number of aliphatic hydroxyl groups is 1. The highest BCUT2D eigenvalue weighted by Crippen LogP contribution is 2.28. The molecule has 0 aliphatic carbocycles. The van der Waals surface area contributed by atoms with E-state index in [0.717, 1.165) is 0 Å². The van der Waals surface area contributed by atoms with Gasteiger partial charge >= 0.3 is 0 Å². The molecule has 2 aromatic rings. The van der Waals surface area contributed by atoms with Gasteiger partial charge in [0.25, 0.3) is 10.0 Å². The molecular weight excluding hydrogens is 314 g/mol. The molecule has 0 aliphatic rings. The molecular formula is C14H14ClNO4S. The number of sulfonamides is 1. The first-order chi connectivity index (χ1) is 9.96. The van der Waals surface area contributed by atoms with Crippen molar-refractivity contribution in [3.05, 3.63) is 53.1 Å². The monoisotopic (exact) mass is 327 g/mol. The van der Waals surface area contributed by atoms with Crippen LogP contribution in [0.5, 0.6) is 5.75 Å². The summed E-state index contributed by atoms with van der Waals surface area (Å²) in [6.07, 6.45) is 0. The highest BCUT2D eigenvalue weighted by Gasteiger charge is 2.19. The van der Waals surface area contributed by atoms with Gasteiger partial charge in [-0.3, -0.25) is 4.72 Å². The molecule has 2 N–H and O–H groups in total. The minimum absolute atomic E-state index is 0.000588. The van der Waals surface area contributed by atoms with Crippen molar-refractivity contribution in [3.63, 3.8) is 0 Å². The molecule has 0 atom stereocenters. The first kappa shape index (κ1) is 15.6. The summed E-state index contributed by atoms with van der Waals surface area (Å²) in [7, 11) is -2.41. The van der Waals surface area contributed by atoms with Gasteiger partial charge in [-0.25, -0.2) is 8.42 Å². The Morgan fingerprint density at radius 1 is 1.19 bits per heavy atom. The lowest BCUT2D eigenvalue weighted by Gasteiger charge is -2.12. The normalized spacial score (nSPS) is 11.2. The number of aliphatic hydroxyl groups excluding tert-OH is 1. The minimum atomic E-state index is -3.79. The Hall–Kier alpha value is -1.76. The van der Waals surface area contributed by atoms with Gasteiger partial charge in [0.15, 0.2) is 0 Å². The van der Waals surface area contributed by atoms with E-state index in [-0.39, 0.29) is 17.3 Å². The Kier molecular flexibility index (Phi) is 4.72. The average molecular weight is 328 g/mol. The van der Waals surface area contributed by atoms with Gasteiger partial charge in [-0.2, -0.15) is 0 Å². The van der Waals surface area contributed by atoms with Crippen LogP contribution in [0.3, 0.4) is 0 Å². The van der Waals surface area contributed by atoms with Crippen LogP contribution < -0.4 is 9.46 Å². The molecule has 2 aromatic carbocycles. The van der Waals surface area contributed by atoms with Gasteiger partial charge in [0.2, 0.25) is 0 Å². The summed E-state index contributed by atoms with van der Waals surface area (Å²) in [5.74, 6) is 0.168. The van der Waals surface area contributed by atoms with Crippen molar-refractivity contribution in [1.82, 2.24) is 0 Å². The molecule has 0 amide bonds. The number of nitrogens with one attached hydrogen (secondary N) is 1. The summed E-state index contributed by atoms with van der Waals surface area (Å²) in [4.78, 5) is 0.000588. The third kappa shape index (κ3) is 3.66. The van der Waals surface area contributed by atoms with E-state index in [1.807, 2.05) is 0 Å². The number of hydrogen-bond donors (Lipinski definition) is 2. The standard InChI is InChI=1S/C14H14ClNO4S/c1-20-13-8-11(15)4-7-14(13)21(18,19)16-12-5-2-10(9-17)3-6-12/h2-8,16-17H,9H2,1H3. The summed E-state index contributed by atoms with van der Waals surface area (Å²) in [5.41, 5.74) is 1.09. The molecule has 0 saturated heterocycles. The fourth-order valence-electron chi connectivity index (χ4n) is 1.75. The number of rotatable bonds is 5. The third-order valence-electron chi connectivity index (χ3n) is 2.80. The second-order valence-electron chi connectivity index (χ2n) is 4.26. The number of halogens is 1. The number of benzene rings is 2. The molecule has 7 heteroatoms. The highest BCUT2D eigenvalue weighted by atomic mass is 35.5. The topological polar surface area (TPSA) is 75.6 Å². The second-order valence-corrected chi connectivity index (χ2v) is 6.34. The van der Waals surface area contributed by atoms with Crippen LogP contribution in [0.15, 0.2) is 47.4 Å². The van der Waals surface area contributed by atoms with E-state index >= 15 is 0 Å². The fourth-order valence-corrected chi connectivity index (χ4v) is 3.12. The molecule has 0 unspecified atom stereocenters. The Morgan fingerprint density at radius 2 is 1.86 bits per heavy atom. The molecule has 5 nitrogen and oxygen atoms in total. The summed E-state index contributed by atoms with van der Waals surface area (Å²) < 4.78 is 32.2. The lowest BCUT2D eigenvalue weighted by Crippen LogP contribution is -2.14. The third-order valence-corrected chi connectivity index (χ3v) is 4.46. The van der Waals surface area contributed by atoms with Crippen LogP contribution in [-0.2, 0) is 16.6 Å². The SMILES string of the molecule is COc1cc(Cl)ccc1S(=O)(=O)Nc1ccc(CO)cc1. The minimum Gasteiger partial charge on any atom is -0.495 e. The van der Waals surface area contributed by atoms with Gasteiger partial charge in [0.1, 0.15) is 10.6 Å². The predicted octanol–water partition coefficient (Wildman–Crippen LogP) is 2.64. The molecule has 0 radical (unpaired) electrons. The van der Waals surface area contributed by atoms with E-state index in [1.54, 1.807) is 24.3 Å². The first-order valence-corrected chi connectivity index (χ1v) is 7.88. The Bertz CT molecular complexity index is 729. The lowest BCUT2D eigenvalue weighted by atomic mass is 10.2. The second kappa shape index (κ2) is 6.34. The lowest BCUT2D eigenvalue weighted by molar-refractivity contribution is 0.282. The number of hydrogen-bond acceptors (Lipinski definition) is 4. The van der Waals surface area contributed by atoms with Gasteiger partial charge in [-0.05, 0) is 29.8 Å². The molecule has 21 heavy (non-hydrogen) atoms. The van der Waals surface area contributed by atoms with Gasteiger partial charge in [0, 0.05) is 16.8 Å². The Labute approximate surface area is 128 Å². The van der Waals surface area contributed by atoms with Gasteiger partial charge in [-0.15, -0.1) is 0 Å². The van der Waals surface area contributed by atoms with Crippen LogP contribution in [0.2, 0.25) is 5.02 Å². The Morgan fingerprint density at radius 3 is 2.43 bits per heavy atom.